The van der Waals surface area contributed by atoms with Crippen LogP contribution in [0.3, 0.4) is 0 Å². The number of benzene rings is 1. The van der Waals surface area contributed by atoms with E-state index in [1.165, 1.54) is 0 Å². The molecule has 0 aliphatic heterocycles. The number of hydrogen-bond donors (Lipinski definition) is 1. The summed E-state index contributed by atoms with van der Waals surface area (Å²) in [5.74, 6) is -0.123. The molecule has 0 fully saturated rings. The molecule has 3 aromatic heterocycles. The Morgan fingerprint density at radius 2 is 2.13 bits per heavy atom. The lowest BCUT2D eigenvalue weighted by atomic mass is 10.1. The summed E-state index contributed by atoms with van der Waals surface area (Å²) in [5, 5.41) is 8.47. The van der Waals surface area contributed by atoms with E-state index in [0.29, 0.717) is 11.4 Å². The van der Waals surface area contributed by atoms with Crippen molar-refractivity contribution >= 4 is 27.9 Å². The molecule has 1 aromatic carbocycles. The normalized spacial score (nSPS) is 11.0. The summed E-state index contributed by atoms with van der Waals surface area (Å²) in [7, 11) is 0. The van der Waals surface area contributed by atoms with E-state index in [4.69, 9.17) is 4.52 Å². The number of aromatic nitrogens is 3. The first kappa shape index (κ1) is 13.7. The SMILES string of the molecule is Cc1cc(C(=O)Nc2ccc(-c3cn4ccsc4n3)cc2)on1. The van der Waals surface area contributed by atoms with E-state index in [9.17, 15) is 4.79 Å². The molecular formula is C16H12N4O2S. The van der Waals surface area contributed by atoms with E-state index >= 15 is 0 Å². The van der Waals surface area contributed by atoms with E-state index in [2.05, 4.69) is 15.5 Å². The third-order valence-electron chi connectivity index (χ3n) is 3.38. The molecule has 4 rings (SSSR count). The molecule has 0 bridgehead atoms. The first-order valence-electron chi connectivity index (χ1n) is 6.96. The highest BCUT2D eigenvalue weighted by atomic mass is 32.1. The minimum atomic E-state index is -0.319. The fraction of sp³-hybridized carbons (Fsp3) is 0.0625. The summed E-state index contributed by atoms with van der Waals surface area (Å²) >= 11 is 1.59. The van der Waals surface area contributed by atoms with Gasteiger partial charge in [-0.05, 0) is 19.1 Å². The summed E-state index contributed by atoms with van der Waals surface area (Å²) in [6.45, 7) is 1.77. The van der Waals surface area contributed by atoms with Crippen molar-refractivity contribution in [1.82, 2.24) is 14.5 Å². The minimum absolute atomic E-state index is 0.195. The number of rotatable bonds is 3. The van der Waals surface area contributed by atoms with Gasteiger partial charge in [0, 0.05) is 35.1 Å². The molecule has 0 aliphatic rings. The third kappa shape index (κ3) is 2.62. The molecule has 0 aliphatic carbocycles. The van der Waals surface area contributed by atoms with E-state index in [1.807, 2.05) is 46.4 Å². The molecule has 7 heteroatoms. The first-order chi connectivity index (χ1) is 11.2. The van der Waals surface area contributed by atoms with Gasteiger partial charge in [0.1, 0.15) is 0 Å². The summed E-state index contributed by atoms with van der Waals surface area (Å²) < 4.78 is 6.93. The fourth-order valence-corrected chi connectivity index (χ4v) is 2.95. The molecule has 0 spiro atoms. The Kier molecular flexibility index (Phi) is 3.20. The van der Waals surface area contributed by atoms with Gasteiger partial charge in [-0.15, -0.1) is 11.3 Å². The Balaban J connectivity index is 1.53. The minimum Gasteiger partial charge on any atom is -0.351 e. The van der Waals surface area contributed by atoms with E-state index in [-0.39, 0.29) is 11.7 Å². The van der Waals surface area contributed by atoms with Crippen molar-refractivity contribution in [3.8, 4) is 11.3 Å². The molecule has 114 valence electrons. The van der Waals surface area contributed by atoms with E-state index < -0.39 is 0 Å². The van der Waals surface area contributed by atoms with Crippen LogP contribution in [0, 0.1) is 6.92 Å². The predicted octanol–water partition coefficient (Wildman–Crippen LogP) is 3.61. The Bertz CT molecular complexity index is 953. The van der Waals surface area contributed by atoms with Gasteiger partial charge in [0.15, 0.2) is 4.96 Å². The Labute approximate surface area is 135 Å². The van der Waals surface area contributed by atoms with Crippen molar-refractivity contribution < 1.29 is 9.32 Å². The number of fused-ring (bicyclic) bond motifs is 1. The molecular weight excluding hydrogens is 312 g/mol. The van der Waals surface area contributed by atoms with Crippen LogP contribution in [-0.4, -0.2) is 20.4 Å². The molecule has 6 nitrogen and oxygen atoms in total. The molecule has 0 radical (unpaired) electrons. The lowest BCUT2D eigenvalue weighted by Gasteiger charge is -2.03. The van der Waals surface area contributed by atoms with Gasteiger partial charge in [-0.3, -0.25) is 9.20 Å². The van der Waals surface area contributed by atoms with Crippen LogP contribution in [0.2, 0.25) is 0 Å². The highest BCUT2D eigenvalue weighted by Crippen LogP contribution is 2.23. The molecule has 4 aromatic rings. The lowest BCUT2D eigenvalue weighted by Crippen LogP contribution is -2.10. The Morgan fingerprint density at radius 1 is 1.30 bits per heavy atom. The van der Waals surface area contributed by atoms with Crippen LogP contribution in [0.4, 0.5) is 5.69 Å². The van der Waals surface area contributed by atoms with Gasteiger partial charge < -0.3 is 9.84 Å². The topological polar surface area (TPSA) is 72.4 Å². The second-order valence-corrected chi connectivity index (χ2v) is 5.96. The zero-order chi connectivity index (χ0) is 15.8. The van der Waals surface area contributed by atoms with Crippen LogP contribution in [-0.2, 0) is 0 Å². The number of aryl methyl sites for hydroxylation is 1. The number of nitrogens with one attached hydrogen (secondary N) is 1. The molecule has 0 saturated carbocycles. The monoisotopic (exact) mass is 324 g/mol. The number of amides is 1. The molecule has 1 amide bonds. The Morgan fingerprint density at radius 3 is 2.83 bits per heavy atom. The molecule has 0 atom stereocenters. The number of imidazole rings is 1. The zero-order valence-corrected chi connectivity index (χ0v) is 13.0. The largest absolute Gasteiger partial charge is 0.351 e. The average molecular weight is 324 g/mol. The van der Waals surface area contributed by atoms with Crippen molar-refractivity contribution in [2.75, 3.05) is 5.32 Å². The summed E-state index contributed by atoms with van der Waals surface area (Å²) in [4.78, 5) is 17.5. The maximum absolute atomic E-state index is 12.0. The second kappa shape index (κ2) is 5.36. The first-order valence-corrected chi connectivity index (χ1v) is 7.84. The van der Waals surface area contributed by atoms with Crippen LogP contribution < -0.4 is 5.32 Å². The van der Waals surface area contributed by atoms with Gasteiger partial charge in [-0.25, -0.2) is 4.98 Å². The Hall–Kier alpha value is -2.93. The number of carbonyl (C=O) groups is 1. The van der Waals surface area contributed by atoms with Crippen molar-refractivity contribution in [1.29, 1.82) is 0 Å². The maximum atomic E-state index is 12.0. The number of hydrogen-bond acceptors (Lipinski definition) is 5. The van der Waals surface area contributed by atoms with Crippen molar-refractivity contribution in [2.24, 2.45) is 0 Å². The van der Waals surface area contributed by atoms with Crippen LogP contribution in [0.5, 0.6) is 0 Å². The quantitative estimate of drug-likeness (QED) is 0.625. The smallest absolute Gasteiger partial charge is 0.294 e. The van der Waals surface area contributed by atoms with Crippen molar-refractivity contribution in [2.45, 2.75) is 6.92 Å². The standard InChI is InChI=1S/C16H12N4O2S/c1-10-8-14(22-19-10)15(21)17-12-4-2-11(3-5-12)13-9-20-6-7-23-16(20)18-13/h2-9H,1H3,(H,17,21). The molecule has 3 heterocycles. The van der Waals surface area contributed by atoms with Crippen LogP contribution in [0.25, 0.3) is 16.2 Å². The average Bonchev–Trinajstić information content (AvgIpc) is 3.23. The second-order valence-electron chi connectivity index (χ2n) is 5.08. The molecule has 0 saturated heterocycles. The number of anilines is 1. The number of nitrogens with zero attached hydrogens (tertiary/aromatic N) is 3. The molecule has 0 unspecified atom stereocenters. The van der Waals surface area contributed by atoms with Gasteiger partial charge in [0.05, 0.1) is 11.4 Å². The fourth-order valence-electron chi connectivity index (χ4n) is 2.25. The predicted molar refractivity (Wildman–Crippen MR) is 87.7 cm³/mol. The molecule has 1 N–H and O–H groups in total. The maximum Gasteiger partial charge on any atom is 0.294 e. The van der Waals surface area contributed by atoms with Gasteiger partial charge >= 0.3 is 0 Å². The van der Waals surface area contributed by atoms with Crippen molar-refractivity contribution in [3.63, 3.8) is 0 Å². The number of thiazole rings is 1. The highest BCUT2D eigenvalue weighted by Gasteiger charge is 2.12. The van der Waals surface area contributed by atoms with Crippen molar-refractivity contribution in [3.05, 3.63) is 59.6 Å². The summed E-state index contributed by atoms with van der Waals surface area (Å²) in [6, 6.07) is 9.12. The van der Waals surface area contributed by atoms with Gasteiger partial charge in [-0.2, -0.15) is 0 Å². The molecule has 23 heavy (non-hydrogen) atoms. The highest BCUT2D eigenvalue weighted by molar-refractivity contribution is 7.15. The van der Waals surface area contributed by atoms with Gasteiger partial charge in [-0.1, -0.05) is 17.3 Å². The van der Waals surface area contributed by atoms with Gasteiger partial charge in [0.25, 0.3) is 5.91 Å². The van der Waals surface area contributed by atoms with Gasteiger partial charge in [0.2, 0.25) is 5.76 Å². The van der Waals surface area contributed by atoms with E-state index in [1.54, 1.807) is 24.3 Å². The lowest BCUT2D eigenvalue weighted by molar-refractivity contribution is 0.0988. The van der Waals surface area contributed by atoms with Crippen LogP contribution in [0.15, 0.2) is 52.6 Å². The third-order valence-corrected chi connectivity index (χ3v) is 4.15. The van der Waals surface area contributed by atoms with E-state index in [0.717, 1.165) is 16.2 Å². The summed E-state index contributed by atoms with van der Waals surface area (Å²) in [5.41, 5.74) is 3.26. The van der Waals surface area contributed by atoms with Crippen LogP contribution in [0.1, 0.15) is 16.2 Å². The summed E-state index contributed by atoms with van der Waals surface area (Å²) in [6.07, 6.45) is 3.96. The zero-order valence-electron chi connectivity index (χ0n) is 12.2. The van der Waals surface area contributed by atoms with Crippen LogP contribution >= 0.6 is 11.3 Å². The number of carbonyl (C=O) groups excluding carboxylic acids is 1.